The van der Waals surface area contributed by atoms with Crippen molar-refractivity contribution in [2.24, 2.45) is 11.7 Å². The van der Waals surface area contributed by atoms with Crippen molar-refractivity contribution in [1.82, 2.24) is 5.32 Å². The van der Waals surface area contributed by atoms with Crippen molar-refractivity contribution in [3.05, 3.63) is 0 Å². The summed E-state index contributed by atoms with van der Waals surface area (Å²) in [6.45, 7) is 5.08. The lowest BCUT2D eigenvalue weighted by molar-refractivity contribution is -0.118. The standard InChI is InChI=1S/C9H20N2O2S/c1-3-4-11-9(12)7-14(13)6-8(2)5-10/h8H,3-7,10H2,1-2H3,(H,11,12). The molecular weight excluding hydrogens is 200 g/mol. The maximum Gasteiger partial charge on any atom is 0.232 e. The first-order valence-corrected chi connectivity index (χ1v) is 6.40. The minimum Gasteiger partial charge on any atom is -0.355 e. The number of carbonyl (C=O) groups excluding carboxylic acids is 1. The molecule has 5 heteroatoms. The highest BCUT2D eigenvalue weighted by Gasteiger charge is 2.10. The molecule has 0 aliphatic rings. The Morgan fingerprint density at radius 3 is 2.71 bits per heavy atom. The Morgan fingerprint density at radius 2 is 2.21 bits per heavy atom. The second-order valence-corrected chi connectivity index (χ2v) is 4.94. The number of nitrogens with two attached hydrogens (primary N) is 1. The highest BCUT2D eigenvalue weighted by atomic mass is 32.2. The Bertz CT molecular complexity index is 197. The lowest BCUT2D eigenvalue weighted by Gasteiger charge is -2.07. The molecule has 0 aromatic carbocycles. The Morgan fingerprint density at radius 1 is 1.57 bits per heavy atom. The summed E-state index contributed by atoms with van der Waals surface area (Å²) in [7, 11) is -1.08. The van der Waals surface area contributed by atoms with Gasteiger partial charge in [-0.1, -0.05) is 13.8 Å². The predicted molar refractivity (Wildman–Crippen MR) is 59.4 cm³/mol. The van der Waals surface area contributed by atoms with Gasteiger partial charge in [0, 0.05) is 23.1 Å². The van der Waals surface area contributed by atoms with E-state index in [-0.39, 0.29) is 17.6 Å². The van der Waals surface area contributed by atoms with Gasteiger partial charge >= 0.3 is 0 Å². The van der Waals surface area contributed by atoms with Gasteiger partial charge in [0.1, 0.15) is 5.75 Å². The molecule has 2 unspecified atom stereocenters. The molecule has 0 aromatic rings. The number of hydrogen-bond donors (Lipinski definition) is 2. The van der Waals surface area contributed by atoms with E-state index in [4.69, 9.17) is 5.73 Å². The number of amides is 1. The van der Waals surface area contributed by atoms with E-state index in [0.29, 0.717) is 18.8 Å². The molecule has 0 aromatic heterocycles. The molecule has 3 N–H and O–H groups in total. The Kier molecular flexibility index (Phi) is 7.70. The SMILES string of the molecule is CCCNC(=O)CS(=O)CC(C)CN. The molecule has 0 heterocycles. The number of nitrogens with one attached hydrogen (secondary N) is 1. The van der Waals surface area contributed by atoms with E-state index < -0.39 is 10.8 Å². The summed E-state index contributed by atoms with van der Waals surface area (Å²) in [5.41, 5.74) is 5.40. The zero-order valence-corrected chi connectivity index (χ0v) is 9.73. The molecule has 0 bridgehead atoms. The van der Waals surface area contributed by atoms with E-state index in [1.165, 1.54) is 0 Å². The quantitative estimate of drug-likeness (QED) is 0.627. The topological polar surface area (TPSA) is 72.2 Å². The van der Waals surface area contributed by atoms with Gasteiger partial charge in [0.05, 0.1) is 0 Å². The molecule has 84 valence electrons. The highest BCUT2D eigenvalue weighted by Crippen LogP contribution is 1.95. The molecule has 1 amide bonds. The van der Waals surface area contributed by atoms with E-state index in [9.17, 15) is 9.00 Å². The monoisotopic (exact) mass is 220 g/mol. The predicted octanol–water partition coefficient (Wildman–Crippen LogP) is -0.144. The van der Waals surface area contributed by atoms with E-state index in [1.54, 1.807) is 0 Å². The van der Waals surface area contributed by atoms with E-state index >= 15 is 0 Å². The Labute approximate surface area is 88.1 Å². The van der Waals surface area contributed by atoms with Gasteiger partial charge < -0.3 is 11.1 Å². The summed E-state index contributed by atoms with van der Waals surface area (Å²) >= 11 is 0. The van der Waals surface area contributed by atoms with E-state index in [2.05, 4.69) is 5.32 Å². The minimum atomic E-state index is -1.08. The largest absolute Gasteiger partial charge is 0.355 e. The van der Waals surface area contributed by atoms with Crippen molar-refractivity contribution in [1.29, 1.82) is 0 Å². The second-order valence-electron chi connectivity index (χ2n) is 3.44. The lowest BCUT2D eigenvalue weighted by Crippen LogP contribution is -2.31. The molecule has 0 saturated heterocycles. The fourth-order valence-corrected chi connectivity index (χ4v) is 2.19. The summed E-state index contributed by atoms with van der Waals surface area (Å²) in [6, 6.07) is 0. The smallest absolute Gasteiger partial charge is 0.232 e. The van der Waals surface area contributed by atoms with Crippen LogP contribution in [0.4, 0.5) is 0 Å². The molecule has 0 saturated carbocycles. The lowest BCUT2D eigenvalue weighted by atomic mass is 10.2. The van der Waals surface area contributed by atoms with Crippen molar-refractivity contribution in [2.45, 2.75) is 20.3 Å². The summed E-state index contributed by atoms with van der Waals surface area (Å²) in [6.07, 6.45) is 0.900. The van der Waals surface area contributed by atoms with Crippen LogP contribution >= 0.6 is 0 Å². The van der Waals surface area contributed by atoms with Crippen LogP contribution in [0.2, 0.25) is 0 Å². The molecule has 0 rings (SSSR count). The van der Waals surface area contributed by atoms with Crippen LogP contribution in [0.15, 0.2) is 0 Å². The van der Waals surface area contributed by atoms with Crippen molar-refractivity contribution in [2.75, 3.05) is 24.6 Å². The third-order valence-corrected chi connectivity index (χ3v) is 3.26. The molecule has 2 atom stereocenters. The molecule has 0 radical (unpaired) electrons. The minimum absolute atomic E-state index is 0.102. The van der Waals surface area contributed by atoms with Gasteiger partial charge in [0.15, 0.2) is 0 Å². The summed E-state index contributed by atoms with van der Waals surface area (Å²) < 4.78 is 11.4. The summed E-state index contributed by atoms with van der Waals surface area (Å²) in [4.78, 5) is 11.1. The van der Waals surface area contributed by atoms with Crippen molar-refractivity contribution in [3.63, 3.8) is 0 Å². The van der Waals surface area contributed by atoms with Crippen LogP contribution in [0, 0.1) is 5.92 Å². The first kappa shape index (κ1) is 13.6. The molecule has 0 fully saturated rings. The van der Waals surface area contributed by atoms with Crippen LogP contribution in [0.5, 0.6) is 0 Å². The van der Waals surface area contributed by atoms with E-state index in [1.807, 2.05) is 13.8 Å². The fourth-order valence-electron chi connectivity index (χ4n) is 0.906. The highest BCUT2D eigenvalue weighted by molar-refractivity contribution is 7.85. The zero-order valence-electron chi connectivity index (χ0n) is 8.91. The first-order chi connectivity index (χ1) is 6.60. The molecular formula is C9H20N2O2S. The second kappa shape index (κ2) is 7.94. The van der Waals surface area contributed by atoms with Crippen LogP contribution in [0.3, 0.4) is 0 Å². The normalized spacial score (nSPS) is 14.8. The third kappa shape index (κ3) is 7.03. The average molecular weight is 220 g/mol. The Balaban J connectivity index is 3.66. The molecule has 14 heavy (non-hydrogen) atoms. The van der Waals surface area contributed by atoms with Crippen molar-refractivity contribution >= 4 is 16.7 Å². The average Bonchev–Trinajstić information content (AvgIpc) is 2.14. The maximum absolute atomic E-state index is 11.4. The summed E-state index contributed by atoms with van der Waals surface area (Å²) in [5.74, 6) is 0.699. The number of carbonyl (C=O) groups is 1. The molecule has 4 nitrogen and oxygen atoms in total. The van der Waals surface area contributed by atoms with Gasteiger partial charge in [-0.05, 0) is 18.9 Å². The van der Waals surface area contributed by atoms with Gasteiger partial charge in [-0.3, -0.25) is 9.00 Å². The van der Waals surface area contributed by atoms with Crippen LogP contribution in [0.25, 0.3) is 0 Å². The molecule has 0 aliphatic carbocycles. The van der Waals surface area contributed by atoms with Gasteiger partial charge in [-0.25, -0.2) is 0 Å². The van der Waals surface area contributed by atoms with Crippen LogP contribution in [0.1, 0.15) is 20.3 Å². The van der Waals surface area contributed by atoms with Crippen LogP contribution in [-0.4, -0.2) is 34.7 Å². The van der Waals surface area contributed by atoms with Crippen LogP contribution < -0.4 is 11.1 Å². The molecule has 0 aliphatic heterocycles. The number of rotatable bonds is 7. The van der Waals surface area contributed by atoms with Gasteiger partial charge in [0.25, 0.3) is 0 Å². The Hall–Kier alpha value is -0.420. The third-order valence-electron chi connectivity index (χ3n) is 1.74. The maximum atomic E-state index is 11.4. The summed E-state index contributed by atoms with van der Waals surface area (Å²) in [5, 5.41) is 2.69. The van der Waals surface area contributed by atoms with E-state index in [0.717, 1.165) is 6.42 Å². The van der Waals surface area contributed by atoms with Crippen molar-refractivity contribution in [3.8, 4) is 0 Å². The fraction of sp³-hybridized carbons (Fsp3) is 0.889. The van der Waals surface area contributed by atoms with Crippen molar-refractivity contribution < 1.29 is 9.00 Å². The van der Waals surface area contributed by atoms with Gasteiger partial charge in [-0.2, -0.15) is 0 Å². The molecule has 0 spiro atoms. The number of hydrogen-bond acceptors (Lipinski definition) is 3. The van der Waals surface area contributed by atoms with Crippen LogP contribution in [-0.2, 0) is 15.6 Å². The zero-order chi connectivity index (χ0) is 11.0. The first-order valence-electron chi connectivity index (χ1n) is 4.91. The van der Waals surface area contributed by atoms with Gasteiger partial charge in [-0.15, -0.1) is 0 Å². The van der Waals surface area contributed by atoms with Gasteiger partial charge in [0.2, 0.25) is 5.91 Å².